The molecule has 2 aliphatic rings. The molecule has 2 aliphatic heterocycles. The van der Waals surface area contributed by atoms with Crippen molar-refractivity contribution in [3.05, 3.63) is 58.9 Å². The van der Waals surface area contributed by atoms with E-state index in [0.717, 1.165) is 56.6 Å². The van der Waals surface area contributed by atoms with Crippen LogP contribution in [-0.4, -0.2) is 41.3 Å². The Morgan fingerprint density at radius 3 is 2.67 bits per heavy atom. The number of aromatic nitrogens is 1. The zero-order valence-electron chi connectivity index (χ0n) is 15.3. The number of hydrogen-bond donors (Lipinski definition) is 2. The molecule has 0 unspecified atom stereocenters. The number of pyridine rings is 1. The Morgan fingerprint density at radius 1 is 1.04 bits per heavy atom. The molecule has 2 N–H and O–H groups in total. The number of rotatable bonds is 4. The summed E-state index contributed by atoms with van der Waals surface area (Å²) in [7, 11) is 0. The first-order valence-corrected chi connectivity index (χ1v) is 9.61. The van der Waals surface area contributed by atoms with Crippen LogP contribution in [0.4, 0.5) is 5.69 Å². The molecule has 2 amide bonds. The molecular formula is C21H24N4O2. The van der Waals surface area contributed by atoms with Crippen LogP contribution in [0.2, 0.25) is 0 Å². The Bertz CT molecular complexity index is 859. The first-order valence-electron chi connectivity index (χ1n) is 9.61. The fourth-order valence-corrected chi connectivity index (χ4v) is 3.78. The van der Waals surface area contributed by atoms with E-state index < -0.39 is 0 Å². The largest absolute Gasteiger partial charge is 0.385 e. The van der Waals surface area contributed by atoms with Gasteiger partial charge in [0.2, 0.25) is 0 Å². The van der Waals surface area contributed by atoms with Crippen molar-refractivity contribution in [3.63, 3.8) is 0 Å². The lowest BCUT2D eigenvalue weighted by atomic mass is 9.97. The van der Waals surface area contributed by atoms with Crippen LogP contribution >= 0.6 is 0 Å². The van der Waals surface area contributed by atoms with E-state index in [1.54, 1.807) is 23.1 Å². The van der Waals surface area contributed by atoms with Crippen molar-refractivity contribution in [1.29, 1.82) is 0 Å². The minimum Gasteiger partial charge on any atom is -0.385 e. The van der Waals surface area contributed by atoms with Gasteiger partial charge in [-0.2, -0.15) is 0 Å². The minimum absolute atomic E-state index is 0.0923. The predicted octanol–water partition coefficient (Wildman–Crippen LogP) is 2.61. The summed E-state index contributed by atoms with van der Waals surface area (Å²) in [4.78, 5) is 31.2. The van der Waals surface area contributed by atoms with Gasteiger partial charge < -0.3 is 15.5 Å². The van der Waals surface area contributed by atoms with Crippen molar-refractivity contribution in [2.24, 2.45) is 0 Å². The molecule has 0 aliphatic carbocycles. The zero-order chi connectivity index (χ0) is 18.6. The SMILES string of the molecule is O=C(NCc1cccc2c1CCCN2)c1cccc(C(=O)N2CCCC2)n1. The van der Waals surface area contributed by atoms with Crippen molar-refractivity contribution in [3.8, 4) is 0 Å². The van der Waals surface area contributed by atoms with E-state index in [9.17, 15) is 9.59 Å². The fraction of sp³-hybridized carbons (Fsp3) is 0.381. The highest BCUT2D eigenvalue weighted by Gasteiger charge is 2.21. The zero-order valence-corrected chi connectivity index (χ0v) is 15.3. The van der Waals surface area contributed by atoms with E-state index in [1.807, 2.05) is 12.1 Å². The van der Waals surface area contributed by atoms with Gasteiger partial charge in [-0.1, -0.05) is 18.2 Å². The molecule has 0 spiro atoms. The highest BCUT2D eigenvalue weighted by molar-refractivity contribution is 5.96. The van der Waals surface area contributed by atoms with Crippen molar-refractivity contribution in [1.82, 2.24) is 15.2 Å². The summed E-state index contributed by atoms with van der Waals surface area (Å²) in [5.41, 5.74) is 4.17. The number of nitrogens with zero attached hydrogens (tertiary/aromatic N) is 2. The number of likely N-dealkylation sites (tertiary alicyclic amines) is 1. The lowest BCUT2D eigenvalue weighted by Crippen LogP contribution is -2.30. The average Bonchev–Trinajstić information content (AvgIpc) is 3.26. The summed E-state index contributed by atoms with van der Waals surface area (Å²) in [6.07, 6.45) is 4.18. The third-order valence-electron chi connectivity index (χ3n) is 5.23. The molecule has 140 valence electrons. The summed E-state index contributed by atoms with van der Waals surface area (Å²) in [6.45, 7) is 2.98. The van der Waals surface area contributed by atoms with Crippen LogP contribution in [-0.2, 0) is 13.0 Å². The van der Waals surface area contributed by atoms with E-state index >= 15 is 0 Å². The molecule has 0 atom stereocenters. The van der Waals surface area contributed by atoms with Crippen LogP contribution < -0.4 is 10.6 Å². The molecule has 27 heavy (non-hydrogen) atoms. The normalized spacial score (nSPS) is 15.8. The minimum atomic E-state index is -0.257. The Labute approximate surface area is 159 Å². The van der Waals surface area contributed by atoms with Gasteiger partial charge in [-0.05, 0) is 55.0 Å². The first-order chi connectivity index (χ1) is 13.2. The third kappa shape index (κ3) is 3.79. The second-order valence-electron chi connectivity index (χ2n) is 7.06. The maximum Gasteiger partial charge on any atom is 0.272 e. The fourth-order valence-electron chi connectivity index (χ4n) is 3.78. The van der Waals surface area contributed by atoms with E-state index in [2.05, 4.69) is 21.7 Å². The molecule has 1 aromatic heterocycles. The maximum atomic E-state index is 12.6. The quantitative estimate of drug-likeness (QED) is 0.875. The molecule has 6 nitrogen and oxygen atoms in total. The van der Waals surface area contributed by atoms with Crippen molar-refractivity contribution < 1.29 is 9.59 Å². The number of fused-ring (bicyclic) bond motifs is 1. The lowest BCUT2D eigenvalue weighted by Gasteiger charge is -2.21. The van der Waals surface area contributed by atoms with Gasteiger partial charge in [-0.25, -0.2) is 4.98 Å². The van der Waals surface area contributed by atoms with Crippen molar-refractivity contribution >= 4 is 17.5 Å². The Morgan fingerprint density at radius 2 is 1.81 bits per heavy atom. The Hall–Kier alpha value is -2.89. The number of amides is 2. The summed E-state index contributed by atoms with van der Waals surface area (Å²) < 4.78 is 0. The monoisotopic (exact) mass is 364 g/mol. The molecule has 3 heterocycles. The standard InChI is InChI=1S/C21H24N4O2/c26-20(23-14-15-6-3-8-17-16(15)7-5-11-22-17)18-9-4-10-19(24-18)21(27)25-12-1-2-13-25/h3-4,6,8-10,22H,1-2,5,7,11-14H2,(H,23,26). The van der Waals surface area contributed by atoms with Crippen molar-refractivity contribution in [2.75, 3.05) is 25.0 Å². The highest BCUT2D eigenvalue weighted by atomic mass is 16.2. The number of carbonyl (C=O) groups is 2. The molecule has 2 aromatic rings. The number of nitrogens with one attached hydrogen (secondary N) is 2. The van der Waals surface area contributed by atoms with Crippen LogP contribution in [0, 0.1) is 0 Å². The predicted molar refractivity (Wildman–Crippen MR) is 104 cm³/mol. The van der Waals surface area contributed by atoms with Crippen molar-refractivity contribution in [2.45, 2.75) is 32.2 Å². The van der Waals surface area contributed by atoms with Gasteiger partial charge in [0.15, 0.2) is 0 Å². The van der Waals surface area contributed by atoms with Crippen LogP contribution in [0.1, 0.15) is 51.4 Å². The molecule has 4 rings (SSSR count). The van der Waals surface area contributed by atoms with Crippen LogP contribution in [0.15, 0.2) is 36.4 Å². The molecule has 0 radical (unpaired) electrons. The lowest BCUT2D eigenvalue weighted by molar-refractivity contribution is 0.0787. The van der Waals surface area contributed by atoms with Gasteiger partial charge in [0.1, 0.15) is 11.4 Å². The van der Waals surface area contributed by atoms with Gasteiger partial charge in [-0.3, -0.25) is 9.59 Å². The molecule has 1 saturated heterocycles. The van der Waals surface area contributed by atoms with E-state index in [4.69, 9.17) is 0 Å². The topological polar surface area (TPSA) is 74.3 Å². The summed E-state index contributed by atoms with van der Waals surface area (Å²) in [5.74, 6) is -0.349. The maximum absolute atomic E-state index is 12.6. The van der Waals surface area contributed by atoms with E-state index in [1.165, 1.54) is 5.56 Å². The second kappa shape index (κ2) is 7.78. The number of benzene rings is 1. The van der Waals surface area contributed by atoms with Gasteiger partial charge in [-0.15, -0.1) is 0 Å². The Kier molecular flexibility index (Phi) is 5.05. The van der Waals surface area contributed by atoms with E-state index in [0.29, 0.717) is 12.2 Å². The van der Waals surface area contributed by atoms with Gasteiger partial charge >= 0.3 is 0 Å². The summed E-state index contributed by atoms with van der Waals surface area (Å²) in [5, 5.41) is 6.35. The van der Waals surface area contributed by atoms with Crippen LogP contribution in [0.5, 0.6) is 0 Å². The Balaban J connectivity index is 1.44. The number of carbonyl (C=O) groups excluding carboxylic acids is 2. The third-order valence-corrected chi connectivity index (χ3v) is 5.23. The molecule has 1 fully saturated rings. The highest BCUT2D eigenvalue weighted by Crippen LogP contribution is 2.25. The molecular weight excluding hydrogens is 340 g/mol. The van der Waals surface area contributed by atoms with E-state index in [-0.39, 0.29) is 17.5 Å². The average molecular weight is 364 g/mol. The van der Waals surface area contributed by atoms with Gasteiger partial charge in [0.05, 0.1) is 0 Å². The molecule has 1 aromatic carbocycles. The van der Waals surface area contributed by atoms with Crippen LogP contribution in [0.25, 0.3) is 0 Å². The summed E-state index contributed by atoms with van der Waals surface area (Å²) in [6, 6.07) is 11.2. The molecule has 0 bridgehead atoms. The number of anilines is 1. The smallest absolute Gasteiger partial charge is 0.272 e. The molecule has 6 heteroatoms. The van der Waals surface area contributed by atoms with Crippen LogP contribution in [0.3, 0.4) is 0 Å². The van der Waals surface area contributed by atoms with Gasteiger partial charge in [0, 0.05) is 31.9 Å². The number of hydrogen-bond acceptors (Lipinski definition) is 4. The molecule has 0 saturated carbocycles. The summed E-state index contributed by atoms with van der Waals surface area (Å²) >= 11 is 0. The first kappa shape index (κ1) is 17.5. The van der Waals surface area contributed by atoms with Gasteiger partial charge in [0.25, 0.3) is 11.8 Å². The second-order valence-corrected chi connectivity index (χ2v) is 7.06.